The second kappa shape index (κ2) is 7.83. The van der Waals surface area contributed by atoms with Gasteiger partial charge in [-0.15, -0.1) is 24.8 Å². The molecule has 1 aliphatic heterocycles. The van der Waals surface area contributed by atoms with Gasteiger partial charge in [0.2, 0.25) is 5.91 Å². The summed E-state index contributed by atoms with van der Waals surface area (Å²) < 4.78 is 0. The second-order valence-corrected chi connectivity index (χ2v) is 6.91. The van der Waals surface area contributed by atoms with Gasteiger partial charge in [-0.3, -0.25) is 9.69 Å². The molecule has 1 saturated heterocycles. The van der Waals surface area contributed by atoms with E-state index < -0.39 is 0 Å². The minimum absolute atomic E-state index is 0. The van der Waals surface area contributed by atoms with E-state index in [9.17, 15) is 4.79 Å². The van der Waals surface area contributed by atoms with Crippen LogP contribution in [-0.4, -0.2) is 54.5 Å². The van der Waals surface area contributed by atoms with Crippen molar-refractivity contribution in [3.63, 3.8) is 0 Å². The van der Waals surface area contributed by atoms with Gasteiger partial charge >= 0.3 is 0 Å². The van der Waals surface area contributed by atoms with Crippen LogP contribution in [0.15, 0.2) is 0 Å². The lowest BCUT2D eigenvalue weighted by Crippen LogP contribution is -2.56. The van der Waals surface area contributed by atoms with Crippen molar-refractivity contribution >= 4 is 30.7 Å². The summed E-state index contributed by atoms with van der Waals surface area (Å²) in [5, 5.41) is 0. The number of hydrogen-bond donors (Lipinski definition) is 1. The van der Waals surface area contributed by atoms with Crippen molar-refractivity contribution in [1.29, 1.82) is 0 Å². The van der Waals surface area contributed by atoms with Crippen LogP contribution in [0.2, 0.25) is 0 Å². The summed E-state index contributed by atoms with van der Waals surface area (Å²) in [6.45, 7) is 11.0. The third-order valence-corrected chi connectivity index (χ3v) is 4.10. The Morgan fingerprint density at radius 2 is 1.65 bits per heavy atom. The van der Waals surface area contributed by atoms with Gasteiger partial charge in [0.25, 0.3) is 0 Å². The summed E-state index contributed by atoms with van der Waals surface area (Å²) in [4.78, 5) is 16.7. The summed E-state index contributed by atoms with van der Waals surface area (Å²) in [6, 6.07) is -0.382. The van der Waals surface area contributed by atoms with Crippen LogP contribution in [0.4, 0.5) is 0 Å². The van der Waals surface area contributed by atoms with Gasteiger partial charge in [-0.25, -0.2) is 0 Å². The molecule has 1 heterocycles. The van der Waals surface area contributed by atoms with Gasteiger partial charge < -0.3 is 10.6 Å². The van der Waals surface area contributed by atoms with Gasteiger partial charge in [-0.05, 0) is 24.2 Å². The predicted molar refractivity (Wildman–Crippen MR) is 87.7 cm³/mol. The van der Waals surface area contributed by atoms with Crippen LogP contribution >= 0.6 is 24.8 Å². The molecule has 0 unspecified atom stereocenters. The van der Waals surface area contributed by atoms with Gasteiger partial charge in [-0.1, -0.05) is 20.8 Å². The largest absolute Gasteiger partial charge is 0.339 e. The Balaban J connectivity index is 0.00000180. The lowest BCUT2D eigenvalue weighted by atomic mass is 9.86. The van der Waals surface area contributed by atoms with Crippen molar-refractivity contribution in [3.8, 4) is 0 Å². The number of carbonyl (C=O) groups is 1. The monoisotopic (exact) mass is 325 g/mol. The van der Waals surface area contributed by atoms with Crippen LogP contribution in [0.25, 0.3) is 0 Å². The molecule has 2 N–H and O–H groups in total. The molecule has 0 bridgehead atoms. The van der Waals surface area contributed by atoms with Crippen molar-refractivity contribution in [2.24, 2.45) is 17.1 Å². The topological polar surface area (TPSA) is 49.6 Å². The Kier molecular flexibility index (Phi) is 7.82. The quantitative estimate of drug-likeness (QED) is 0.860. The molecule has 0 aromatic rings. The van der Waals surface area contributed by atoms with E-state index in [-0.39, 0.29) is 42.2 Å². The average Bonchev–Trinajstić information content (AvgIpc) is 3.11. The first-order valence-electron chi connectivity index (χ1n) is 7.14. The first-order valence-corrected chi connectivity index (χ1v) is 7.14. The van der Waals surface area contributed by atoms with Gasteiger partial charge in [0.05, 0.1) is 6.04 Å². The number of amides is 1. The average molecular weight is 326 g/mol. The molecule has 6 heteroatoms. The number of halogens is 2. The third kappa shape index (κ3) is 5.40. The number of hydrogen-bond acceptors (Lipinski definition) is 3. The molecule has 4 nitrogen and oxygen atoms in total. The van der Waals surface area contributed by atoms with Crippen molar-refractivity contribution in [2.75, 3.05) is 32.7 Å². The maximum absolute atomic E-state index is 12.3. The number of piperazine rings is 1. The van der Waals surface area contributed by atoms with Gasteiger partial charge in [0.15, 0.2) is 0 Å². The fraction of sp³-hybridized carbons (Fsp3) is 0.929. The molecule has 0 spiro atoms. The van der Waals surface area contributed by atoms with Crippen molar-refractivity contribution in [1.82, 2.24) is 9.80 Å². The molecule has 0 aromatic heterocycles. The Hall–Kier alpha value is -0.0300. The second-order valence-electron chi connectivity index (χ2n) is 6.91. The van der Waals surface area contributed by atoms with Gasteiger partial charge in [-0.2, -0.15) is 0 Å². The molecular weight excluding hydrogens is 297 g/mol. The van der Waals surface area contributed by atoms with Crippen molar-refractivity contribution in [3.05, 3.63) is 0 Å². The highest BCUT2D eigenvalue weighted by atomic mass is 35.5. The highest BCUT2D eigenvalue weighted by molar-refractivity contribution is 5.85. The van der Waals surface area contributed by atoms with Crippen LogP contribution in [0, 0.1) is 11.3 Å². The van der Waals surface area contributed by atoms with Crippen LogP contribution in [0.3, 0.4) is 0 Å². The summed E-state index contributed by atoms with van der Waals surface area (Å²) in [7, 11) is 0. The highest BCUT2D eigenvalue weighted by Gasteiger charge is 2.33. The first-order chi connectivity index (χ1) is 8.38. The molecule has 2 aliphatic rings. The zero-order chi connectivity index (χ0) is 13.3. The fourth-order valence-electron chi connectivity index (χ4n) is 2.38. The van der Waals surface area contributed by atoms with Crippen LogP contribution < -0.4 is 5.73 Å². The minimum atomic E-state index is -0.382. The highest BCUT2D eigenvalue weighted by Crippen LogP contribution is 2.30. The van der Waals surface area contributed by atoms with E-state index in [0.717, 1.165) is 32.1 Å². The Labute approximate surface area is 135 Å². The molecule has 20 heavy (non-hydrogen) atoms. The Morgan fingerprint density at radius 1 is 1.15 bits per heavy atom. The minimum Gasteiger partial charge on any atom is -0.339 e. The van der Waals surface area contributed by atoms with Crippen LogP contribution in [-0.2, 0) is 4.79 Å². The molecular formula is C14H29Cl2N3O. The summed E-state index contributed by atoms with van der Waals surface area (Å²) in [5.41, 5.74) is 5.90. The zero-order valence-corrected chi connectivity index (χ0v) is 14.4. The molecule has 1 aliphatic carbocycles. The molecule has 2 fully saturated rings. The maximum Gasteiger partial charge on any atom is 0.240 e. The van der Waals surface area contributed by atoms with E-state index >= 15 is 0 Å². The van der Waals surface area contributed by atoms with Gasteiger partial charge in [0, 0.05) is 32.7 Å². The Bertz CT molecular complexity index is 308. The number of nitrogens with zero attached hydrogens (tertiary/aromatic N) is 2. The standard InChI is InChI=1S/C14H27N3O.2ClH/c1-14(2,3)12(15)13(18)17-8-6-16(7-9-17)10-11-4-5-11;;/h11-12H,4-10,15H2,1-3H3;2*1H/t12-;;/m1../s1. The molecule has 120 valence electrons. The number of carbonyl (C=O) groups excluding carboxylic acids is 1. The van der Waals surface area contributed by atoms with E-state index in [0.29, 0.717) is 0 Å². The van der Waals surface area contributed by atoms with E-state index in [1.54, 1.807) is 0 Å². The van der Waals surface area contributed by atoms with Gasteiger partial charge in [0.1, 0.15) is 0 Å². The summed E-state index contributed by atoms with van der Waals surface area (Å²) in [5.74, 6) is 1.05. The Morgan fingerprint density at radius 3 is 2.05 bits per heavy atom. The fourth-order valence-corrected chi connectivity index (χ4v) is 2.38. The lowest BCUT2D eigenvalue weighted by Gasteiger charge is -2.38. The zero-order valence-electron chi connectivity index (χ0n) is 12.8. The SMILES string of the molecule is CC(C)(C)[C@H](N)C(=O)N1CCN(CC2CC2)CC1.Cl.Cl. The number of rotatable bonds is 3. The molecule has 1 saturated carbocycles. The number of nitrogens with two attached hydrogens (primary N) is 1. The molecule has 1 atom stereocenters. The summed E-state index contributed by atoms with van der Waals surface area (Å²) in [6.07, 6.45) is 2.79. The smallest absolute Gasteiger partial charge is 0.240 e. The van der Waals surface area contributed by atoms with Crippen LogP contribution in [0.5, 0.6) is 0 Å². The van der Waals surface area contributed by atoms with Crippen molar-refractivity contribution in [2.45, 2.75) is 39.7 Å². The van der Waals surface area contributed by atoms with E-state index in [1.807, 2.05) is 25.7 Å². The van der Waals surface area contributed by atoms with E-state index in [4.69, 9.17) is 5.73 Å². The predicted octanol–water partition coefficient (Wildman–Crippen LogP) is 1.76. The maximum atomic E-state index is 12.3. The normalized spacial score (nSPS) is 21.7. The van der Waals surface area contributed by atoms with E-state index in [2.05, 4.69) is 4.90 Å². The van der Waals surface area contributed by atoms with E-state index in [1.165, 1.54) is 19.4 Å². The van der Waals surface area contributed by atoms with Crippen LogP contribution in [0.1, 0.15) is 33.6 Å². The molecule has 0 aromatic carbocycles. The molecule has 0 radical (unpaired) electrons. The molecule has 2 rings (SSSR count). The lowest BCUT2D eigenvalue weighted by molar-refractivity contribution is -0.136. The summed E-state index contributed by atoms with van der Waals surface area (Å²) >= 11 is 0. The first kappa shape index (κ1) is 20.0. The van der Waals surface area contributed by atoms with Crippen molar-refractivity contribution < 1.29 is 4.79 Å². The molecule has 1 amide bonds. The third-order valence-electron chi connectivity index (χ3n) is 4.10.